The molecule has 109 valence electrons. The van der Waals surface area contributed by atoms with Crippen LogP contribution in [0.25, 0.3) is 0 Å². The lowest BCUT2D eigenvalue weighted by Crippen LogP contribution is -2.32. The maximum atomic E-state index is 11.7. The third kappa shape index (κ3) is 3.83. The van der Waals surface area contributed by atoms with Gasteiger partial charge in [0.1, 0.15) is 0 Å². The predicted octanol–water partition coefficient (Wildman–Crippen LogP) is 0.329. The molecule has 0 atom stereocenters. The van der Waals surface area contributed by atoms with Gasteiger partial charge in [0.15, 0.2) is 22.4 Å². The number of carbonyl (C=O) groups excluding carboxylic acids is 2. The largest absolute Gasteiger partial charge is 0.504 e. The van der Waals surface area contributed by atoms with E-state index >= 15 is 0 Å². The highest BCUT2D eigenvalue weighted by Gasteiger charge is 2.12. The number of hydrogen-bond donors (Lipinski definition) is 4. The lowest BCUT2D eigenvalue weighted by Gasteiger charge is -2.05. The maximum Gasteiger partial charge on any atom is 0.267 e. The van der Waals surface area contributed by atoms with Gasteiger partial charge in [-0.05, 0) is 18.2 Å². The summed E-state index contributed by atoms with van der Waals surface area (Å²) in [6, 6.07) is 3.58. The molecule has 2 amide bonds. The number of rotatable bonds is 4. The molecule has 0 spiro atoms. The van der Waals surface area contributed by atoms with Gasteiger partial charge in [0, 0.05) is 10.9 Å². The van der Waals surface area contributed by atoms with Crippen molar-refractivity contribution in [3.8, 4) is 11.5 Å². The summed E-state index contributed by atoms with van der Waals surface area (Å²) >= 11 is 1.15. The molecule has 1 heterocycles. The first-order chi connectivity index (χ1) is 9.95. The van der Waals surface area contributed by atoms with E-state index in [1.165, 1.54) is 17.5 Å². The van der Waals surface area contributed by atoms with Gasteiger partial charge >= 0.3 is 0 Å². The summed E-state index contributed by atoms with van der Waals surface area (Å²) in [7, 11) is 0. The van der Waals surface area contributed by atoms with Crippen LogP contribution in [0.3, 0.4) is 0 Å². The second-order valence-corrected chi connectivity index (χ2v) is 4.83. The highest BCUT2D eigenvalue weighted by atomic mass is 32.1. The first-order valence-corrected chi connectivity index (χ1v) is 6.59. The Labute approximate surface area is 123 Å². The van der Waals surface area contributed by atoms with Gasteiger partial charge in [-0.1, -0.05) is 0 Å². The van der Waals surface area contributed by atoms with Gasteiger partial charge in [0.05, 0.1) is 6.54 Å². The van der Waals surface area contributed by atoms with Crippen LogP contribution in [0.1, 0.15) is 10.4 Å². The molecule has 8 nitrogen and oxygen atoms in total. The number of phenolic OH excluding ortho intramolecular Hbond substituents is 2. The molecule has 2 rings (SSSR count). The average molecular weight is 307 g/mol. The van der Waals surface area contributed by atoms with Gasteiger partial charge in [-0.3, -0.25) is 9.59 Å². The monoisotopic (exact) mass is 307 g/mol. The van der Waals surface area contributed by atoms with Crippen LogP contribution in [0, 0.1) is 0 Å². The van der Waals surface area contributed by atoms with E-state index in [0.717, 1.165) is 17.4 Å². The van der Waals surface area contributed by atoms with Crippen molar-refractivity contribution in [1.29, 1.82) is 0 Å². The molecule has 0 unspecified atom stereocenters. The van der Waals surface area contributed by atoms with E-state index in [1.54, 1.807) is 0 Å². The number of anilines is 1. The Hall–Kier alpha value is -2.81. The van der Waals surface area contributed by atoms with E-state index < -0.39 is 17.6 Å². The molecule has 0 aliphatic carbocycles. The number of hydrogen-bond acceptors (Lipinski definition) is 7. The smallest absolute Gasteiger partial charge is 0.267 e. The number of nitrogens with zero attached hydrogens (tertiary/aromatic N) is 2. The molecule has 1 aromatic carbocycles. The van der Waals surface area contributed by atoms with Crippen molar-refractivity contribution in [1.82, 2.24) is 15.6 Å². The Morgan fingerprint density at radius 1 is 1.33 bits per heavy atom. The number of aromatic nitrogens is 1. The Kier molecular flexibility index (Phi) is 4.24. The minimum Gasteiger partial charge on any atom is -0.504 e. The zero-order chi connectivity index (χ0) is 15.4. The van der Waals surface area contributed by atoms with Crippen LogP contribution in [0.5, 0.6) is 11.5 Å². The average Bonchev–Trinajstić information content (AvgIpc) is 2.84. The molecule has 5 N–H and O–H groups in total. The third-order valence-corrected chi connectivity index (χ3v) is 3.05. The number of nitrogen functional groups attached to an aromatic ring is 1. The molecule has 1 aromatic heterocycles. The fourth-order valence-electron chi connectivity index (χ4n) is 1.42. The van der Waals surface area contributed by atoms with Gasteiger partial charge in [-0.2, -0.15) is 5.32 Å². The van der Waals surface area contributed by atoms with Crippen LogP contribution in [0.15, 0.2) is 23.6 Å². The minimum absolute atomic E-state index is 0.107. The Morgan fingerprint density at radius 3 is 2.71 bits per heavy atom. The third-order valence-electron chi connectivity index (χ3n) is 2.39. The fourth-order valence-corrected chi connectivity index (χ4v) is 1.90. The molecule has 0 saturated carbocycles. The Bertz CT molecular complexity index is 686. The highest BCUT2D eigenvalue weighted by Crippen LogP contribution is 2.24. The molecule has 0 bridgehead atoms. The molecule has 0 aliphatic rings. The second kappa shape index (κ2) is 6.09. The molecular formula is C12H11N4O4S. The Balaban J connectivity index is 1.88. The summed E-state index contributed by atoms with van der Waals surface area (Å²) in [5.41, 5.74) is 5.51. The van der Waals surface area contributed by atoms with Crippen molar-refractivity contribution in [2.45, 2.75) is 0 Å². The van der Waals surface area contributed by atoms with Crippen LogP contribution < -0.4 is 16.4 Å². The lowest BCUT2D eigenvalue weighted by atomic mass is 10.2. The van der Waals surface area contributed by atoms with E-state index in [1.807, 2.05) is 0 Å². The molecular weight excluding hydrogens is 296 g/mol. The molecule has 1 radical (unpaired) electrons. The zero-order valence-corrected chi connectivity index (χ0v) is 11.4. The van der Waals surface area contributed by atoms with Gasteiger partial charge in [0.25, 0.3) is 11.8 Å². The summed E-state index contributed by atoms with van der Waals surface area (Å²) in [6.07, 6.45) is 0. The quantitative estimate of drug-likeness (QED) is 0.600. The van der Waals surface area contributed by atoms with E-state index in [4.69, 9.17) is 10.8 Å². The molecule has 2 aromatic rings. The number of benzene rings is 1. The maximum absolute atomic E-state index is 11.7. The van der Waals surface area contributed by atoms with Crippen molar-refractivity contribution in [3.63, 3.8) is 0 Å². The number of amides is 2. The van der Waals surface area contributed by atoms with E-state index in [-0.39, 0.29) is 23.7 Å². The standard InChI is InChI=1S/C12H11N4O4S/c13-12-16-9(5-21-12)15-10(19)4-14-11(20)6-1-2-7(17)8(18)3-6/h1-3,5,17-18H,4H2,(H2,13,16)(H,14,20). The summed E-state index contributed by atoms with van der Waals surface area (Å²) in [6.45, 7) is -0.322. The van der Waals surface area contributed by atoms with Crippen LogP contribution in [-0.2, 0) is 4.79 Å². The van der Waals surface area contributed by atoms with E-state index in [2.05, 4.69) is 15.6 Å². The lowest BCUT2D eigenvalue weighted by molar-refractivity contribution is -0.119. The van der Waals surface area contributed by atoms with E-state index in [9.17, 15) is 14.7 Å². The van der Waals surface area contributed by atoms with Gasteiger partial charge in [-0.25, -0.2) is 4.98 Å². The molecule has 21 heavy (non-hydrogen) atoms. The predicted molar refractivity (Wildman–Crippen MR) is 75.4 cm³/mol. The van der Waals surface area contributed by atoms with Crippen molar-refractivity contribution < 1.29 is 19.8 Å². The highest BCUT2D eigenvalue weighted by molar-refractivity contribution is 7.13. The number of carbonyl (C=O) groups is 2. The minimum atomic E-state index is -0.586. The van der Waals surface area contributed by atoms with Gasteiger partial charge in [0.2, 0.25) is 0 Å². The topological polar surface area (TPSA) is 140 Å². The zero-order valence-electron chi connectivity index (χ0n) is 10.6. The Morgan fingerprint density at radius 2 is 2.10 bits per heavy atom. The van der Waals surface area contributed by atoms with Gasteiger partial charge in [-0.15, -0.1) is 11.3 Å². The first kappa shape index (κ1) is 14.6. The van der Waals surface area contributed by atoms with Crippen molar-refractivity contribution in [2.24, 2.45) is 0 Å². The van der Waals surface area contributed by atoms with Crippen LogP contribution >= 0.6 is 11.3 Å². The van der Waals surface area contributed by atoms with Crippen molar-refractivity contribution in [3.05, 3.63) is 29.1 Å². The van der Waals surface area contributed by atoms with Crippen LogP contribution in [-0.4, -0.2) is 33.6 Å². The first-order valence-electron chi connectivity index (χ1n) is 5.71. The number of thiazole rings is 1. The van der Waals surface area contributed by atoms with Crippen LogP contribution in [0.2, 0.25) is 0 Å². The van der Waals surface area contributed by atoms with Crippen molar-refractivity contribution in [2.75, 3.05) is 12.3 Å². The molecule has 9 heteroatoms. The number of nitrogens with one attached hydrogen (secondary N) is 1. The summed E-state index contributed by atoms with van der Waals surface area (Å²) < 4.78 is 0. The normalized spacial score (nSPS) is 10.1. The molecule has 0 fully saturated rings. The molecule has 0 aliphatic heterocycles. The molecule has 0 saturated heterocycles. The summed E-state index contributed by atoms with van der Waals surface area (Å²) in [4.78, 5) is 27.1. The second-order valence-electron chi connectivity index (χ2n) is 3.94. The van der Waals surface area contributed by atoms with Gasteiger partial charge < -0.3 is 21.3 Å². The van der Waals surface area contributed by atoms with E-state index in [0.29, 0.717) is 5.13 Å². The summed E-state index contributed by atoms with van der Waals surface area (Å²) in [5.74, 6) is -1.72. The number of phenols is 2. The number of nitrogens with two attached hydrogens (primary N) is 1. The van der Waals surface area contributed by atoms with Crippen molar-refractivity contribution >= 4 is 34.1 Å². The SMILES string of the molecule is Nc1nc([N]C(=O)CNC(=O)c2ccc(O)c(O)c2)cs1. The summed E-state index contributed by atoms with van der Waals surface area (Å²) in [5, 5.41) is 26.2. The van der Waals surface area contributed by atoms with Crippen LogP contribution in [0.4, 0.5) is 10.9 Å². The fraction of sp³-hybridized carbons (Fsp3) is 0.0833. The number of aromatic hydroxyl groups is 2.